The molecule has 3 nitrogen and oxygen atoms in total. The monoisotopic (exact) mass is 500 g/mol. The maximum Gasteiger partial charge on any atom is 0.138 e. The van der Waals surface area contributed by atoms with E-state index in [1.807, 2.05) is 55.5 Å². The van der Waals surface area contributed by atoms with Crippen LogP contribution in [-0.2, 0) is 10.8 Å². The topological polar surface area (TPSA) is 45.8 Å². The van der Waals surface area contributed by atoms with Crippen LogP contribution in [0.15, 0.2) is 84.3 Å². The second kappa shape index (κ2) is 9.30. The third-order valence-electron chi connectivity index (χ3n) is 4.19. The van der Waals surface area contributed by atoms with Gasteiger partial charge in [0.05, 0.1) is 11.4 Å². The van der Waals surface area contributed by atoms with Crippen LogP contribution in [0.2, 0.25) is 0 Å². The van der Waals surface area contributed by atoms with Crippen LogP contribution in [0, 0.1) is 3.57 Å². The molecular formula is C23H21IN2OS. The standard InChI is InChI=1S/C23H21IN2OS/c1-4-7-16(8-5-2)21-22(18-9-6-10-19(24)15-18)26-23(25-21)17-11-13-20(14-12-17)28(3)27/h4-15H,1H2,2-3H3,(H,25,26)/b8-5-,16-7+. The van der Waals surface area contributed by atoms with Crippen LogP contribution in [0.5, 0.6) is 0 Å². The minimum atomic E-state index is -0.999. The Morgan fingerprint density at radius 2 is 1.93 bits per heavy atom. The summed E-state index contributed by atoms with van der Waals surface area (Å²) in [5.74, 6) is 0.775. The third-order valence-corrected chi connectivity index (χ3v) is 5.80. The molecule has 2 aromatic carbocycles. The largest absolute Gasteiger partial charge is 0.337 e. The van der Waals surface area contributed by atoms with E-state index in [-0.39, 0.29) is 0 Å². The zero-order valence-electron chi connectivity index (χ0n) is 15.8. The first kappa shape index (κ1) is 20.5. The molecule has 0 saturated heterocycles. The van der Waals surface area contributed by atoms with Crippen molar-refractivity contribution in [2.45, 2.75) is 11.8 Å². The predicted octanol–water partition coefficient (Wildman–Crippen LogP) is 6.23. The molecule has 0 aliphatic carbocycles. The number of aromatic nitrogens is 2. The van der Waals surface area contributed by atoms with Gasteiger partial charge in [-0.1, -0.05) is 55.1 Å². The summed E-state index contributed by atoms with van der Waals surface area (Å²) in [6.45, 7) is 5.83. The minimum Gasteiger partial charge on any atom is -0.337 e. The number of aromatic amines is 1. The maximum absolute atomic E-state index is 11.7. The quantitative estimate of drug-likeness (QED) is 0.322. The van der Waals surface area contributed by atoms with E-state index in [4.69, 9.17) is 4.98 Å². The second-order valence-electron chi connectivity index (χ2n) is 6.16. The van der Waals surface area contributed by atoms with Crippen molar-refractivity contribution < 1.29 is 4.21 Å². The number of halogens is 1. The highest BCUT2D eigenvalue weighted by molar-refractivity contribution is 14.1. The Labute approximate surface area is 181 Å². The van der Waals surface area contributed by atoms with Crippen molar-refractivity contribution in [3.05, 3.63) is 88.7 Å². The molecule has 0 saturated carbocycles. The second-order valence-corrected chi connectivity index (χ2v) is 8.78. The molecule has 0 radical (unpaired) electrons. The summed E-state index contributed by atoms with van der Waals surface area (Å²) >= 11 is 2.31. The number of nitrogens with zero attached hydrogens (tertiary/aromatic N) is 1. The SMILES string of the molecule is C=C/C=C(\C=C/C)c1[nH]c(-c2ccc(S(C)=O)cc2)nc1-c1cccc(I)c1. The van der Waals surface area contributed by atoms with Gasteiger partial charge in [0, 0.05) is 36.6 Å². The van der Waals surface area contributed by atoms with E-state index in [0.717, 1.165) is 42.4 Å². The number of nitrogens with one attached hydrogen (secondary N) is 1. The molecule has 28 heavy (non-hydrogen) atoms. The molecule has 0 fully saturated rings. The van der Waals surface area contributed by atoms with Crippen molar-refractivity contribution in [3.8, 4) is 22.6 Å². The highest BCUT2D eigenvalue weighted by Gasteiger charge is 2.16. The summed E-state index contributed by atoms with van der Waals surface area (Å²) in [6.07, 6.45) is 9.47. The molecule has 0 amide bonds. The van der Waals surface area contributed by atoms with Crippen molar-refractivity contribution in [2.75, 3.05) is 6.26 Å². The maximum atomic E-state index is 11.7. The fourth-order valence-corrected chi connectivity index (χ4v) is 3.96. The highest BCUT2D eigenvalue weighted by Crippen LogP contribution is 2.32. The van der Waals surface area contributed by atoms with Gasteiger partial charge in [-0.3, -0.25) is 4.21 Å². The molecule has 1 heterocycles. The molecule has 1 unspecified atom stereocenters. The smallest absolute Gasteiger partial charge is 0.138 e. The van der Waals surface area contributed by atoms with E-state index in [2.05, 4.69) is 52.4 Å². The Kier molecular flexibility index (Phi) is 6.80. The minimum absolute atomic E-state index is 0.775. The molecule has 0 aliphatic heterocycles. The lowest BCUT2D eigenvalue weighted by molar-refractivity contribution is 0.687. The molecule has 1 aromatic heterocycles. The van der Waals surface area contributed by atoms with E-state index in [1.54, 1.807) is 12.3 Å². The average molecular weight is 500 g/mol. The molecule has 3 rings (SSSR count). The van der Waals surface area contributed by atoms with E-state index < -0.39 is 10.8 Å². The molecule has 1 N–H and O–H groups in total. The lowest BCUT2D eigenvalue weighted by Crippen LogP contribution is -1.88. The van der Waals surface area contributed by atoms with Gasteiger partial charge in [-0.25, -0.2) is 4.98 Å². The zero-order chi connectivity index (χ0) is 20.1. The van der Waals surface area contributed by atoms with Crippen molar-refractivity contribution >= 4 is 39.0 Å². The summed E-state index contributed by atoms with van der Waals surface area (Å²) in [5, 5.41) is 0. The summed E-state index contributed by atoms with van der Waals surface area (Å²) < 4.78 is 12.8. The molecule has 0 aliphatic rings. The van der Waals surface area contributed by atoms with Gasteiger partial charge in [0.1, 0.15) is 5.82 Å². The fraction of sp³-hybridized carbons (Fsp3) is 0.0870. The van der Waals surface area contributed by atoms with Crippen molar-refractivity contribution in [1.82, 2.24) is 9.97 Å². The van der Waals surface area contributed by atoms with E-state index in [1.165, 1.54) is 0 Å². The van der Waals surface area contributed by atoms with Crippen LogP contribution in [-0.4, -0.2) is 20.4 Å². The summed E-state index contributed by atoms with van der Waals surface area (Å²) in [6, 6.07) is 15.9. The number of hydrogen-bond donors (Lipinski definition) is 1. The Morgan fingerprint density at radius 1 is 1.18 bits per heavy atom. The van der Waals surface area contributed by atoms with Crippen LogP contribution in [0.25, 0.3) is 28.2 Å². The van der Waals surface area contributed by atoms with Crippen LogP contribution in [0.4, 0.5) is 0 Å². The Morgan fingerprint density at radius 3 is 2.54 bits per heavy atom. The van der Waals surface area contributed by atoms with Gasteiger partial charge in [-0.15, -0.1) is 0 Å². The Hall–Kier alpha value is -2.25. The van der Waals surface area contributed by atoms with Gasteiger partial charge in [-0.2, -0.15) is 0 Å². The number of H-pyrrole nitrogens is 1. The first-order chi connectivity index (χ1) is 13.5. The van der Waals surface area contributed by atoms with Crippen molar-refractivity contribution in [3.63, 3.8) is 0 Å². The van der Waals surface area contributed by atoms with Crippen molar-refractivity contribution in [1.29, 1.82) is 0 Å². The van der Waals surface area contributed by atoms with E-state index in [0.29, 0.717) is 0 Å². The lowest BCUT2D eigenvalue weighted by Gasteiger charge is -2.04. The molecule has 0 bridgehead atoms. The van der Waals surface area contributed by atoms with Gasteiger partial charge in [0.2, 0.25) is 0 Å². The Balaban J connectivity index is 2.18. The number of benzene rings is 2. The van der Waals surface area contributed by atoms with Gasteiger partial charge in [-0.05, 0) is 59.4 Å². The van der Waals surface area contributed by atoms with Crippen LogP contribution >= 0.6 is 22.6 Å². The van der Waals surface area contributed by atoms with Gasteiger partial charge < -0.3 is 4.98 Å². The first-order valence-electron chi connectivity index (χ1n) is 8.79. The Bertz CT molecular complexity index is 1080. The number of imidazole rings is 1. The number of rotatable bonds is 6. The van der Waals surface area contributed by atoms with Gasteiger partial charge in [0.15, 0.2) is 0 Å². The predicted molar refractivity (Wildman–Crippen MR) is 127 cm³/mol. The van der Waals surface area contributed by atoms with E-state index in [9.17, 15) is 4.21 Å². The normalized spacial score (nSPS) is 13.0. The average Bonchev–Trinajstić information content (AvgIpc) is 3.13. The van der Waals surface area contributed by atoms with Crippen LogP contribution in [0.3, 0.4) is 0 Å². The molecular weight excluding hydrogens is 479 g/mol. The molecule has 0 spiro atoms. The molecule has 1 atom stereocenters. The van der Waals surface area contributed by atoms with Gasteiger partial charge in [0.25, 0.3) is 0 Å². The fourth-order valence-electron chi connectivity index (χ4n) is 2.90. The number of hydrogen-bond acceptors (Lipinski definition) is 2. The summed E-state index contributed by atoms with van der Waals surface area (Å²) in [5.41, 5.74) is 4.85. The third kappa shape index (κ3) is 4.59. The lowest BCUT2D eigenvalue weighted by atomic mass is 10.0. The summed E-state index contributed by atoms with van der Waals surface area (Å²) in [4.78, 5) is 9.19. The molecule has 142 valence electrons. The van der Waals surface area contributed by atoms with Gasteiger partial charge >= 0.3 is 0 Å². The number of allylic oxidation sites excluding steroid dienone is 5. The highest BCUT2D eigenvalue weighted by atomic mass is 127. The summed E-state index contributed by atoms with van der Waals surface area (Å²) in [7, 11) is -0.999. The van der Waals surface area contributed by atoms with Crippen LogP contribution in [0.1, 0.15) is 12.6 Å². The molecule has 3 aromatic rings. The van der Waals surface area contributed by atoms with Crippen LogP contribution < -0.4 is 0 Å². The first-order valence-corrected chi connectivity index (χ1v) is 11.4. The zero-order valence-corrected chi connectivity index (χ0v) is 18.8. The van der Waals surface area contributed by atoms with E-state index >= 15 is 0 Å². The molecule has 5 heteroatoms. The van der Waals surface area contributed by atoms with Crippen molar-refractivity contribution in [2.24, 2.45) is 0 Å².